The van der Waals surface area contributed by atoms with Gasteiger partial charge in [0, 0.05) is 35.6 Å². The van der Waals surface area contributed by atoms with Gasteiger partial charge in [0.1, 0.15) is 17.3 Å². The number of methoxy groups -OCH3 is 1. The molecular weight excluding hydrogens is 350 g/mol. The lowest BCUT2D eigenvalue weighted by Crippen LogP contribution is -2.06. The molecule has 0 spiro atoms. The summed E-state index contributed by atoms with van der Waals surface area (Å²) in [6.07, 6.45) is 1.06. The molecule has 0 aliphatic carbocycles. The highest BCUT2D eigenvalue weighted by Crippen LogP contribution is 2.27. The van der Waals surface area contributed by atoms with Crippen LogP contribution >= 0.6 is 0 Å². The van der Waals surface area contributed by atoms with Gasteiger partial charge in [0.15, 0.2) is 0 Å². The van der Waals surface area contributed by atoms with Gasteiger partial charge >= 0.3 is 0 Å². The SMILES string of the molecule is C=C(Nc1cccc(Oc2cccc(OC)c2)n1)c1ccccc1NCCC. The molecule has 0 saturated heterocycles. The number of nitrogens with zero attached hydrogens (tertiary/aromatic N) is 1. The number of aromatic nitrogens is 1. The molecule has 28 heavy (non-hydrogen) atoms. The summed E-state index contributed by atoms with van der Waals surface area (Å²) in [5, 5.41) is 6.70. The van der Waals surface area contributed by atoms with Gasteiger partial charge in [-0.05, 0) is 30.7 Å². The Morgan fingerprint density at radius 2 is 1.79 bits per heavy atom. The highest BCUT2D eigenvalue weighted by Gasteiger charge is 2.07. The van der Waals surface area contributed by atoms with Gasteiger partial charge in [0.05, 0.1) is 7.11 Å². The number of benzene rings is 2. The van der Waals surface area contributed by atoms with E-state index in [1.54, 1.807) is 7.11 Å². The van der Waals surface area contributed by atoms with Crippen molar-refractivity contribution >= 4 is 17.2 Å². The fourth-order valence-corrected chi connectivity index (χ4v) is 2.71. The van der Waals surface area contributed by atoms with Crippen LogP contribution < -0.4 is 20.1 Å². The van der Waals surface area contributed by atoms with Crippen LogP contribution in [0.2, 0.25) is 0 Å². The Balaban J connectivity index is 1.73. The summed E-state index contributed by atoms with van der Waals surface area (Å²) in [6, 6.07) is 21.1. The highest BCUT2D eigenvalue weighted by molar-refractivity contribution is 5.81. The number of anilines is 2. The third-order valence-electron chi connectivity index (χ3n) is 4.08. The molecule has 0 unspecified atom stereocenters. The maximum Gasteiger partial charge on any atom is 0.221 e. The maximum atomic E-state index is 5.85. The Kier molecular flexibility index (Phi) is 6.52. The molecule has 0 radical (unpaired) electrons. The number of nitrogens with one attached hydrogen (secondary N) is 2. The number of pyridine rings is 1. The molecular formula is C23H25N3O2. The van der Waals surface area contributed by atoms with Crippen LogP contribution in [-0.2, 0) is 0 Å². The van der Waals surface area contributed by atoms with E-state index in [4.69, 9.17) is 9.47 Å². The zero-order valence-corrected chi connectivity index (χ0v) is 16.2. The second-order valence-electron chi connectivity index (χ2n) is 6.22. The van der Waals surface area contributed by atoms with E-state index in [1.807, 2.05) is 66.7 Å². The van der Waals surface area contributed by atoms with Crippen LogP contribution in [-0.4, -0.2) is 18.6 Å². The standard InChI is InChI=1S/C23H25N3O2/c1-4-15-24-21-12-6-5-11-20(21)17(2)25-22-13-8-14-23(26-22)28-19-10-7-9-18(16-19)27-3/h5-14,16,24H,2,4,15H2,1,3H3,(H,25,26). The van der Waals surface area contributed by atoms with Gasteiger partial charge in [-0.2, -0.15) is 4.98 Å². The second-order valence-corrected chi connectivity index (χ2v) is 6.22. The van der Waals surface area contributed by atoms with Crippen molar-refractivity contribution in [2.75, 3.05) is 24.3 Å². The van der Waals surface area contributed by atoms with Crippen molar-refractivity contribution in [2.24, 2.45) is 0 Å². The fraction of sp³-hybridized carbons (Fsp3) is 0.174. The molecule has 0 aliphatic heterocycles. The Morgan fingerprint density at radius 1 is 1.00 bits per heavy atom. The number of para-hydroxylation sites is 1. The van der Waals surface area contributed by atoms with Crippen LogP contribution in [0.15, 0.2) is 73.3 Å². The van der Waals surface area contributed by atoms with Crippen LogP contribution in [0.4, 0.5) is 11.5 Å². The van der Waals surface area contributed by atoms with Crippen LogP contribution in [0.3, 0.4) is 0 Å². The average molecular weight is 375 g/mol. The molecule has 1 aromatic heterocycles. The molecule has 5 nitrogen and oxygen atoms in total. The predicted molar refractivity (Wildman–Crippen MR) is 115 cm³/mol. The van der Waals surface area contributed by atoms with Gasteiger partial charge in [-0.1, -0.05) is 43.8 Å². The third-order valence-corrected chi connectivity index (χ3v) is 4.08. The lowest BCUT2D eigenvalue weighted by molar-refractivity contribution is 0.407. The largest absolute Gasteiger partial charge is 0.497 e. The first-order valence-electron chi connectivity index (χ1n) is 9.27. The second kappa shape index (κ2) is 9.46. The van der Waals surface area contributed by atoms with Crippen LogP contribution in [0.1, 0.15) is 18.9 Å². The third kappa shape index (κ3) is 5.04. The van der Waals surface area contributed by atoms with Gasteiger partial charge in [-0.25, -0.2) is 0 Å². The minimum Gasteiger partial charge on any atom is -0.497 e. The summed E-state index contributed by atoms with van der Waals surface area (Å²) in [7, 11) is 1.63. The van der Waals surface area contributed by atoms with E-state index in [0.717, 1.165) is 35.7 Å². The summed E-state index contributed by atoms with van der Waals surface area (Å²) < 4.78 is 11.1. The lowest BCUT2D eigenvalue weighted by atomic mass is 10.1. The number of hydrogen-bond acceptors (Lipinski definition) is 5. The molecule has 3 aromatic rings. The molecule has 0 aliphatic rings. The highest BCUT2D eigenvalue weighted by atomic mass is 16.5. The Bertz CT molecular complexity index is 940. The average Bonchev–Trinajstić information content (AvgIpc) is 2.73. The molecule has 0 atom stereocenters. The normalized spacial score (nSPS) is 10.2. The first-order chi connectivity index (χ1) is 13.7. The van der Waals surface area contributed by atoms with Crippen molar-refractivity contribution in [2.45, 2.75) is 13.3 Å². The zero-order chi connectivity index (χ0) is 19.8. The molecule has 0 bridgehead atoms. The van der Waals surface area contributed by atoms with E-state index in [2.05, 4.69) is 29.1 Å². The quantitative estimate of drug-likeness (QED) is 0.496. The van der Waals surface area contributed by atoms with Gasteiger partial charge in [0.25, 0.3) is 0 Å². The van der Waals surface area contributed by atoms with Crippen LogP contribution in [0.5, 0.6) is 17.4 Å². The Hall–Kier alpha value is -3.47. The van der Waals surface area contributed by atoms with Crippen molar-refractivity contribution < 1.29 is 9.47 Å². The lowest BCUT2D eigenvalue weighted by Gasteiger charge is -2.15. The molecule has 5 heteroatoms. The van der Waals surface area contributed by atoms with Crippen LogP contribution in [0, 0.1) is 0 Å². The van der Waals surface area contributed by atoms with E-state index in [-0.39, 0.29) is 0 Å². The molecule has 0 saturated carbocycles. The summed E-state index contributed by atoms with van der Waals surface area (Å²) in [5.41, 5.74) is 2.83. The van der Waals surface area contributed by atoms with E-state index >= 15 is 0 Å². The maximum absolute atomic E-state index is 5.85. The molecule has 3 rings (SSSR count). The Labute approximate surface area is 166 Å². The minimum atomic E-state index is 0.489. The molecule has 0 amide bonds. The molecule has 2 aromatic carbocycles. The van der Waals surface area contributed by atoms with Crippen molar-refractivity contribution in [1.29, 1.82) is 0 Å². The van der Waals surface area contributed by atoms with Crippen molar-refractivity contribution in [3.05, 3.63) is 78.9 Å². The van der Waals surface area contributed by atoms with E-state index in [1.165, 1.54) is 0 Å². The van der Waals surface area contributed by atoms with Crippen molar-refractivity contribution in [3.63, 3.8) is 0 Å². The summed E-state index contributed by atoms with van der Waals surface area (Å²) in [4.78, 5) is 4.53. The summed E-state index contributed by atoms with van der Waals surface area (Å²) >= 11 is 0. The van der Waals surface area contributed by atoms with Crippen molar-refractivity contribution in [1.82, 2.24) is 4.98 Å². The molecule has 144 valence electrons. The number of ether oxygens (including phenoxy) is 2. The van der Waals surface area contributed by atoms with Gasteiger partial charge in [-0.15, -0.1) is 0 Å². The van der Waals surface area contributed by atoms with E-state index in [0.29, 0.717) is 17.4 Å². The first kappa shape index (κ1) is 19.3. The molecule has 2 N–H and O–H groups in total. The van der Waals surface area contributed by atoms with Crippen molar-refractivity contribution in [3.8, 4) is 17.4 Å². The zero-order valence-electron chi connectivity index (χ0n) is 16.2. The van der Waals surface area contributed by atoms with Gasteiger partial charge in [-0.3, -0.25) is 0 Å². The Morgan fingerprint density at radius 3 is 2.61 bits per heavy atom. The summed E-state index contributed by atoms with van der Waals surface area (Å²) in [6.45, 7) is 7.23. The summed E-state index contributed by atoms with van der Waals surface area (Å²) in [5.74, 6) is 2.55. The fourth-order valence-electron chi connectivity index (χ4n) is 2.71. The number of hydrogen-bond donors (Lipinski definition) is 2. The topological polar surface area (TPSA) is 55.4 Å². The predicted octanol–water partition coefficient (Wildman–Crippen LogP) is 5.79. The smallest absolute Gasteiger partial charge is 0.221 e. The van der Waals surface area contributed by atoms with Gasteiger partial charge in [0.2, 0.25) is 5.88 Å². The first-order valence-corrected chi connectivity index (χ1v) is 9.27. The number of rotatable bonds is 9. The molecule has 0 fully saturated rings. The van der Waals surface area contributed by atoms with Crippen LogP contribution in [0.25, 0.3) is 5.70 Å². The van der Waals surface area contributed by atoms with E-state index < -0.39 is 0 Å². The monoisotopic (exact) mass is 375 g/mol. The molecule has 1 heterocycles. The minimum absolute atomic E-state index is 0.489. The van der Waals surface area contributed by atoms with Gasteiger partial charge < -0.3 is 20.1 Å². The van der Waals surface area contributed by atoms with E-state index in [9.17, 15) is 0 Å².